The van der Waals surface area contributed by atoms with E-state index in [-0.39, 0.29) is 51.4 Å². The van der Waals surface area contributed by atoms with E-state index in [0.29, 0.717) is 18.2 Å². The van der Waals surface area contributed by atoms with E-state index in [9.17, 15) is 21.8 Å². The van der Waals surface area contributed by atoms with Crippen LogP contribution in [0.15, 0.2) is 23.1 Å². The van der Waals surface area contributed by atoms with Gasteiger partial charge in [-0.2, -0.15) is 0 Å². The molecule has 66 valence electrons. The topological polar surface area (TPSA) is 57.2 Å². The maximum atomic E-state index is 12.3. The Balaban J connectivity index is 0.00000144. The minimum absolute atomic E-state index is 0. The third-order valence-corrected chi connectivity index (χ3v) is 2.01. The molecule has 0 aliphatic carbocycles. The summed E-state index contributed by atoms with van der Waals surface area (Å²) < 4.78 is 55.3. The Morgan fingerprint density at radius 2 is 1.69 bits per heavy atom. The Kier molecular flexibility index (Phi) is 5.16. The summed E-state index contributed by atoms with van der Waals surface area (Å²) >= 11 is 0. The van der Waals surface area contributed by atoms with Gasteiger partial charge in [-0.15, -0.1) is 0 Å². The molecule has 0 radical (unpaired) electrons. The van der Waals surface area contributed by atoms with Gasteiger partial charge in [-0.05, 0) is 18.2 Å². The Labute approximate surface area is 116 Å². The van der Waals surface area contributed by atoms with Gasteiger partial charge in [-0.25, -0.2) is 17.2 Å². The summed E-state index contributed by atoms with van der Waals surface area (Å²) in [5, 5.41) is 0. The summed E-state index contributed by atoms with van der Waals surface area (Å²) in [6, 6.07) is 1.64. The van der Waals surface area contributed by atoms with Crippen LogP contribution in [0.1, 0.15) is 0 Å². The molecule has 0 unspecified atom stereocenters. The van der Waals surface area contributed by atoms with Crippen LogP contribution in [0.25, 0.3) is 0 Å². The molecule has 0 aromatic heterocycles. The van der Waals surface area contributed by atoms with Crippen LogP contribution in [0.3, 0.4) is 0 Å². The third-order valence-electron chi connectivity index (χ3n) is 1.18. The van der Waals surface area contributed by atoms with Crippen molar-refractivity contribution in [3.63, 3.8) is 0 Å². The molecule has 0 heterocycles. The average Bonchev–Trinajstić information content (AvgIpc) is 1.92. The van der Waals surface area contributed by atoms with E-state index >= 15 is 0 Å². The zero-order valence-electron chi connectivity index (χ0n) is 6.62. The molecule has 1 aromatic carbocycles. The number of rotatable bonds is 1. The third kappa shape index (κ3) is 3.70. The Morgan fingerprint density at radius 3 is 2.08 bits per heavy atom. The van der Waals surface area contributed by atoms with Gasteiger partial charge in [-0.3, -0.25) is 0 Å². The molecule has 7 heteroatoms. The van der Waals surface area contributed by atoms with Crippen LogP contribution in [-0.4, -0.2) is 13.0 Å². The predicted molar refractivity (Wildman–Crippen MR) is 34.3 cm³/mol. The minimum atomic E-state index is -4.70. The monoisotopic (exact) mass is 232 g/mol. The summed E-state index contributed by atoms with van der Waals surface area (Å²) in [4.78, 5) is -0.776. The van der Waals surface area contributed by atoms with Gasteiger partial charge in [0.25, 0.3) is 0 Å². The van der Waals surface area contributed by atoms with Crippen molar-refractivity contribution in [1.82, 2.24) is 0 Å². The first-order valence-corrected chi connectivity index (χ1v) is 4.23. The molecule has 3 nitrogen and oxygen atoms in total. The largest absolute Gasteiger partial charge is 1.00 e. The molecule has 1 rings (SSSR count). The molecule has 0 N–H and O–H groups in total. The molecule has 0 saturated carbocycles. The fraction of sp³-hybridized carbons (Fsp3) is 0. The van der Waals surface area contributed by atoms with Crippen LogP contribution in [0, 0.1) is 11.6 Å². The maximum Gasteiger partial charge on any atom is 1.00 e. The zero-order valence-corrected chi connectivity index (χ0v) is 10.6. The molecule has 0 aliphatic rings. The second-order valence-corrected chi connectivity index (χ2v) is 3.41. The van der Waals surface area contributed by atoms with Crippen LogP contribution < -0.4 is 51.4 Å². The van der Waals surface area contributed by atoms with Gasteiger partial charge in [0.2, 0.25) is 0 Å². The second kappa shape index (κ2) is 4.92. The molecular formula is C6H3F2KO3S. The Morgan fingerprint density at radius 1 is 1.15 bits per heavy atom. The van der Waals surface area contributed by atoms with Crippen molar-refractivity contribution in [2.75, 3.05) is 0 Å². The van der Waals surface area contributed by atoms with E-state index in [4.69, 9.17) is 0 Å². The smallest absolute Gasteiger partial charge is 0.744 e. The van der Waals surface area contributed by atoms with E-state index in [1.807, 2.05) is 0 Å². The first kappa shape index (κ1) is 13.6. The molecule has 0 amide bonds. The zero-order chi connectivity index (χ0) is 9.35. The molecular weight excluding hydrogens is 229 g/mol. The summed E-state index contributed by atoms with van der Waals surface area (Å²) in [6.07, 6.45) is 0. The van der Waals surface area contributed by atoms with Crippen molar-refractivity contribution in [2.24, 2.45) is 0 Å². The first-order valence-electron chi connectivity index (χ1n) is 2.82. The van der Waals surface area contributed by atoms with E-state index in [1.54, 1.807) is 0 Å². The standard InChI is InChI=1S/C6H4F2O3S.K/c7-5-2-1-4(3-6(5)8)12(9,10)11;/h1-3H,(H,9,10,11);/q;+1/p-1. The van der Waals surface area contributed by atoms with Gasteiger partial charge in [-0.1, -0.05) is 0 Å². The molecule has 0 aliphatic heterocycles. The fourth-order valence-electron chi connectivity index (χ4n) is 0.632. The van der Waals surface area contributed by atoms with E-state index in [0.717, 1.165) is 0 Å². The van der Waals surface area contributed by atoms with Crippen LogP contribution in [0.2, 0.25) is 0 Å². The van der Waals surface area contributed by atoms with Gasteiger partial charge in [0, 0.05) is 0 Å². The van der Waals surface area contributed by atoms with Crippen LogP contribution in [0.5, 0.6) is 0 Å². The second-order valence-electron chi connectivity index (χ2n) is 2.03. The Hall–Kier alpha value is 0.626. The van der Waals surface area contributed by atoms with Crippen LogP contribution in [-0.2, 0) is 10.1 Å². The minimum Gasteiger partial charge on any atom is -0.744 e. The summed E-state index contributed by atoms with van der Waals surface area (Å²) in [6.45, 7) is 0. The van der Waals surface area contributed by atoms with E-state index < -0.39 is 26.6 Å². The van der Waals surface area contributed by atoms with Crippen molar-refractivity contribution in [3.05, 3.63) is 29.8 Å². The summed E-state index contributed by atoms with van der Waals surface area (Å²) in [5.74, 6) is -2.55. The SMILES string of the molecule is O=S(=O)([O-])c1ccc(F)c(F)c1.[K+]. The molecule has 1 aromatic rings. The number of hydrogen-bond donors (Lipinski definition) is 0. The maximum absolute atomic E-state index is 12.3. The summed E-state index contributed by atoms with van der Waals surface area (Å²) in [7, 11) is -4.70. The number of benzene rings is 1. The molecule has 0 bridgehead atoms. The Bertz CT molecular complexity index is 404. The van der Waals surface area contributed by atoms with Gasteiger partial charge in [0.1, 0.15) is 10.1 Å². The quantitative estimate of drug-likeness (QED) is 0.410. The molecule has 0 atom stereocenters. The molecule has 0 saturated heterocycles. The number of halogens is 2. The van der Waals surface area contributed by atoms with Crippen molar-refractivity contribution in [3.8, 4) is 0 Å². The molecule has 0 fully saturated rings. The van der Waals surface area contributed by atoms with Crippen LogP contribution in [0.4, 0.5) is 8.78 Å². The van der Waals surface area contributed by atoms with Crippen molar-refractivity contribution in [2.45, 2.75) is 4.90 Å². The van der Waals surface area contributed by atoms with Crippen molar-refractivity contribution in [1.29, 1.82) is 0 Å². The normalized spacial score (nSPS) is 10.7. The van der Waals surface area contributed by atoms with E-state index in [1.165, 1.54) is 0 Å². The van der Waals surface area contributed by atoms with Gasteiger partial charge < -0.3 is 4.55 Å². The van der Waals surface area contributed by atoms with Crippen molar-refractivity contribution >= 4 is 10.1 Å². The van der Waals surface area contributed by atoms with Crippen LogP contribution >= 0.6 is 0 Å². The van der Waals surface area contributed by atoms with Gasteiger partial charge in [0.05, 0.1) is 4.90 Å². The fourth-order valence-corrected chi connectivity index (χ4v) is 1.11. The predicted octanol–water partition coefficient (Wildman–Crippen LogP) is -2.13. The molecule has 13 heavy (non-hydrogen) atoms. The van der Waals surface area contributed by atoms with Gasteiger partial charge in [0.15, 0.2) is 11.6 Å². The van der Waals surface area contributed by atoms with Crippen molar-refractivity contribution < 1.29 is 73.1 Å². The summed E-state index contributed by atoms with van der Waals surface area (Å²) in [5.41, 5.74) is 0. The number of hydrogen-bond acceptors (Lipinski definition) is 3. The first-order chi connectivity index (χ1) is 5.41. The van der Waals surface area contributed by atoms with E-state index in [2.05, 4.69) is 0 Å². The molecule has 0 spiro atoms. The van der Waals surface area contributed by atoms with Gasteiger partial charge >= 0.3 is 51.4 Å². The average molecular weight is 232 g/mol.